The molecule has 1 aliphatic heterocycles. The molecule has 34 heavy (non-hydrogen) atoms. The monoisotopic (exact) mass is 499 g/mol. The van der Waals surface area contributed by atoms with Crippen molar-refractivity contribution in [2.45, 2.75) is 44.5 Å². The summed E-state index contributed by atoms with van der Waals surface area (Å²) in [6.45, 7) is 3.37. The molecule has 0 bridgehead atoms. The fourth-order valence-corrected chi connectivity index (χ4v) is 4.51. The van der Waals surface area contributed by atoms with E-state index in [-0.39, 0.29) is 11.3 Å². The van der Waals surface area contributed by atoms with E-state index in [2.05, 4.69) is 4.98 Å². The van der Waals surface area contributed by atoms with Crippen molar-refractivity contribution in [3.63, 3.8) is 0 Å². The summed E-state index contributed by atoms with van der Waals surface area (Å²) in [5.74, 6) is -5.94. The van der Waals surface area contributed by atoms with Crippen LogP contribution in [0.1, 0.15) is 20.8 Å². The van der Waals surface area contributed by atoms with Crippen molar-refractivity contribution in [1.29, 1.82) is 0 Å². The van der Waals surface area contributed by atoms with Crippen LogP contribution in [0.25, 0.3) is 11.1 Å². The quantitative estimate of drug-likeness (QED) is 0.336. The first-order chi connectivity index (χ1) is 16.0. The molecule has 0 saturated carbocycles. The van der Waals surface area contributed by atoms with Crippen molar-refractivity contribution in [3.8, 4) is 16.9 Å². The zero-order chi connectivity index (χ0) is 25.0. The van der Waals surface area contributed by atoms with Crippen LogP contribution in [0, 0.1) is 17.6 Å². The third kappa shape index (κ3) is 6.19. The number of hydrogen-bond acceptors (Lipinski definition) is 9. The Hall–Kier alpha value is -3.28. The Morgan fingerprint density at radius 1 is 0.912 bits per heavy atom. The summed E-state index contributed by atoms with van der Waals surface area (Å²) in [7, 11) is 0. The van der Waals surface area contributed by atoms with Crippen molar-refractivity contribution >= 4 is 29.7 Å². The summed E-state index contributed by atoms with van der Waals surface area (Å²) in [4.78, 5) is 38.4. The van der Waals surface area contributed by atoms with Crippen molar-refractivity contribution in [1.82, 2.24) is 4.98 Å². The Morgan fingerprint density at radius 2 is 1.56 bits per heavy atom. The number of ether oxygens (including phenoxy) is 4. The highest BCUT2D eigenvalue weighted by molar-refractivity contribution is 7.99. The zero-order valence-electron chi connectivity index (χ0n) is 18.3. The molecule has 3 rings (SSSR count). The van der Waals surface area contributed by atoms with Crippen LogP contribution in [0.3, 0.4) is 0 Å². The van der Waals surface area contributed by atoms with Crippen molar-refractivity contribution in [2.75, 3.05) is 5.75 Å². The van der Waals surface area contributed by atoms with Gasteiger partial charge in [0.25, 0.3) is 0 Å². The maximum atomic E-state index is 14.6. The van der Waals surface area contributed by atoms with Gasteiger partial charge < -0.3 is 18.9 Å². The fraction of sp³-hybridized carbons (Fsp3) is 0.364. The highest BCUT2D eigenvalue weighted by Gasteiger charge is 2.48. The van der Waals surface area contributed by atoms with Crippen molar-refractivity contribution in [3.05, 3.63) is 48.0 Å². The molecule has 0 spiro atoms. The SMILES string of the molecule is CC(=O)O[C@@H]1[C@@H](OC(C)=O)[C@H](OC(C)=O)CS[C@H]1Oc1cc(-c2ccc(F)nc2)cc(F)c1F. The van der Waals surface area contributed by atoms with E-state index in [1.165, 1.54) is 12.1 Å². The lowest BCUT2D eigenvalue weighted by Crippen LogP contribution is -2.55. The van der Waals surface area contributed by atoms with E-state index in [0.717, 1.165) is 50.9 Å². The number of esters is 3. The van der Waals surface area contributed by atoms with Crippen LogP contribution in [0.4, 0.5) is 13.2 Å². The second-order valence-corrected chi connectivity index (χ2v) is 8.39. The van der Waals surface area contributed by atoms with Gasteiger partial charge in [-0.3, -0.25) is 14.4 Å². The maximum Gasteiger partial charge on any atom is 0.303 e. The highest BCUT2D eigenvalue weighted by atomic mass is 32.2. The fourth-order valence-electron chi connectivity index (χ4n) is 3.30. The Kier molecular flexibility index (Phi) is 8.02. The molecule has 0 radical (unpaired) electrons. The van der Waals surface area contributed by atoms with E-state index >= 15 is 0 Å². The van der Waals surface area contributed by atoms with E-state index in [0.29, 0.717) is 5.56 Å². The van der Waals surface area contributed by atoms with Crippen molar-refractivity contribution < 1.29 is 46.5 Å². The number of carbonyl (C=O) groups is 3. The Morgan fingerprint density at radius 3 is 2.15 bits per heavy atom. The second-order valence-electron chi connectivity index (χ2n) is 7.26. The minimum Gasteiger partial charge on any atom is -0.472 e. The van der Waals surface area contributed by atoms with Crippen LogP contribution in [0.5, 0.6) is 5.75 Å². The molecule has 0 aliphatic carbocycles. The lowest BCUT2D eigenvalue weighted by atomic mass is 10.1. The van der Waals surface area contributed by atoms with Gasteiger partial charge in [0.1, 0.15) is 0 Å². The van der Waals surface area contributed by atoms with Crippen molar-refractivity contribution in [2.24, 2.45) is 0 Å². The number of rotatable bonds is 6. The molecule has 2 aromatic rings. The maximum absolute atomic E-state index is 14.6. The van der Waals surface area contributed by atoms with Gasteiger partial charge >= 0.3 is 17.9 Å². The molecule has 1 aromatic heterocycles. The molecule has 1 fully saturated rings. The number of carbonyl (C=O) groups excluding carboxylic acids is 3. The van der Waals surface area contributed by atoms with Crippen LogP contribution in [-0.4, -0.2) is 52.4 Å². The predicted molar refractivity (Wildman–Crippen MR) is 113 cm³/mol. The molecule has 1 aliphatic rings. The number of hydrogen-bond donors (Lipinski definition) is 0. The molecule has 0 unspecified atom stereocenters. The first kappa shape index (κ1) is 25.3. The van der Waals surface area contributed by atoms with Crippen LogP contribution in [0.2, 0.25) is 0 Å². The van der Waals surface area contributed by atoms with Gasteiger partial charge in [0, 0.05) is 38.3 Å². The Labute approximate surface area is 196 Å². The molecule has 1 aromatic carbocycles. The molecule has 8 nitrogen and oxygen atoms in total. The third-order valence-corrected chi connectivity index (χ3v) is 5.82. The lowest BCUT2D eigenvalue weighted by molar-refractivity contribution is -0.186. The van der Waals surface area contributed by atoms with Crippen LogP contribution < -0.4 is 4.74 Å². The summed E-state index contributed by atoms with van der Waals surface area (Å²) in [6.07, 6.45) is -2.41. The largest absolute Gasteiger partial charge is 0.472 e. The number of aromatic nitrogens is 1. The predicted octanol–water partition coefficient (Wildman–Crippen LogP) is 3.41. The molecule has 0 amide bonds. The molecule has 1 saturated heterocycles. The summed E-state index contributed by atoms with van der Waals surface area (Å²) in [6, 6.07) is 4.46. The molecule has 12 heteroatoms. The van der Waals surface area contributed by atoms with Crippen LogP contribution in [0.15, 0.2) is 30.5 Å². The molecule has 182 valence electrons. The lowest BCUT2D eigenvalue weighted by Gasteiger charge is -2.39. The Bertz CT molecular complexity index is 1080. The standard InChI is InChI=1S/C22H20F3NO7S/c1-10(27)30-17-9-34-22(21(32-12(3)29)20(17)31-11(2)28)33-16-7-14(6-15(23)19(16)25)13-4-5-18(24)26-8-13/h4-8,17,20-22H,9H2,1-3H3/t17-,20+,21-,22-/m1/s1. The van der Waals surface area contributed by atoms with Crippen LogP contribution >= 0.6 is 11.8 Å². The third-order valence-electron chi connectivity index (χ3n) is 4.60. The number of nitrogens with zero attached hydrogens (tertiary/aromatic N) is 1. The first-order valence-electron chi connectivity index (χ1n) is 9.96. The van der Waals surface area contributed by atoms with Gasteiger partial charge in [-0.25, -0.2) is 9.37 Å². The van der Waals surface area contributed by atoms with Gasteiger partial charge in [0.2, 0.25) is 11.8 Å². The van der Waals surface area contributed by atoms with E-state index < -0.39 is 65.0 Å². The van der Waals surface area contributed by atoms with E-state index in [1.54, 1.807) is 0 Å². The zero-order valence-corrected chi connectivity index (χ0v) is 19.1. The van der Waals surface area contributed by atoms with Gasteiger partial charge in [-0.15, -0.1) is 11.8 Å². The number of benzene rings is 1. The Balaban J connectivity index is 1.96. The molecular formula is C22H20F3NO7S. The van der Waals surface area contributed by atoms with E-state index in [1.807, 2.05) is 0 Å². The minimum atomic E-state index is -1.32. The number of thioether (sulfide) groups is 1. The number of pyridine rings is 1. The van der Waals surface area contributed by atoms with Gasteiger partial charge in [0.05, 0.1) is 0 Å². The van der Waals surface area contributed by atoms with E-state index in [4.69, 9.17) is 18.9 Å². The highest BCUT2D eigenvalue weighted by Crippen LogP contribution is 2.36. The average Bonchev–Trinajstić information content (AvgIpc) is 2.74. The summed E-state index contributed by atoms with van der Waals surface area (Å²) < 4.78 is 63.5. The van der Waals surface area contributed by atoms with Gasteiger partial charge in [-0.1, -0.05) is 0 Å². The summed E-state index contributed by atoms with van der Waals surface area (Å²) in [5.41, 5.74) is -0.707. The summed E-state index contributed by atoms with van der Waals surface area (Å²) >= 11 is 0.988. The van der Waals surface area contributed by atoms with Gasteiger partial charge in [0.15, 0.2) is 35.3 Å². The normalized spacial score (nSPS) is 21.9. The molecule has 0 N–H and O–H groups in total. The smallest absolute Gasteiger partial charge is 0.303 e. The van der Waals surface area contributed by atoms with Crippen LogP contribution in [-0.2, 0) is 28.6 Å². The molecule has 2 heterocycles. The van der Waals surface area contributed by atoms with Gasteiger partial charge in [-0.2, -0.15) is 8.78 Å². The second kappa shape index (κ2) is 10.8. The molecular weight excluding hydrogens is 479 g/mol. The van der Waals surface area contributed by atoms with Gasteiger partial charge in [-0.05, 0) is 29.8 Å². The summed E-state index contributed by atoms with van der Waals surface area (Å²) in [5, 5.41) is 0. The molecule has 4 atom stereocenters. The topological polar surface area (TPSA) is 101 Å². The average molecular weight is 499 g/mol. The minimum absolute atomic E-state index is 0.0473. The van der Waals surface area contributed by atoms with E-state index in [9.17, 15) is 27.6 Å². The first-order valence-corrected chi connectivity index (χ1v) is 11.0. The number of halogens is 3.